The number of fused-ring (bicyclic) bond motifs is 2. The first-order chi connectivity index (χ1) is 15.5. The Hall–Kier alpha value is -2.18. The van der Waals surface area contributed by atoms with E-state index in [1.807, 2.05) is 0 Å². The summed E-state index contributed by atoms with van der Waals surface area (Å²) < 4.78 is 13.1. The number of carbonyl (C=O) groups excluding carboxylic acids is 2. The molecule has 0 radical (unpaired) electrons. The molecule has 8 unspecified atom stereocenters. The molecule has 6 heteroatoms. The Morgan fingerprint density at radius 3 is 2.39 bits per heavy atom. The quantitative estimate of drug-likeness (QED) is 0.612. The maximum absolute atomic E-state index is 13.9. The van der Waals surface area contributed by atoms with Crippen LogP contribution in [-0.2, 0) is 19.1 Å². The van der Waals surface area contributed by atoms with Crippen LogP contribution in [0.25, 0.3) is 0 Å². The van der Waals surface area contributed by atoms with Gasteiger partial charge in [0.1, 0.15) is 17.3 Å². The van der Waals surface area contributed by atoms with Crippen LogP contribution in [0.4, 0.5) is 0 Å². The summed E-state index contributed by atoms with van der Waals surface area (Å²) in [4.78, 5) is 26.9. The third-order valence-corrected chi connectivity index (χ3v) is 10.1. The van der Waals surface area contributed by atoms with Crippen LogP contribution in [0.1, 0.15) is 64.7 Å². The van der Waals surface area contributed by atoms with Gasteiger partial charge in [-0.05, 0) is 60.6 Å². The van der Waals surface area contributed by atoms with Crippen molar-refractivity contribution in [2.24, 2.45) is 34.0 Å². The minimum absolute atomic E-state index is 0.0491. The summed E-state index contributed by atoms with van der Waals surface area (Å²) in [7, 11) is 0. The van der Waals surface area contributed by atoms with E-state index in [1.54, 1.807) is 0 Å². The van der Waals surface area contributed by atoms with Crippen LogP contribution in [0.15, 0.2) is 30.4 Å². The molecule has 1 saturated heterocycles. The Bertz CT molecular complexity index is 1070. The molecule has 0 aromatic heterocycles. The van der Waals surface area contributed by atoms with Gasteiger partial charge in [-0.15, -0.1) is 0 Å². The van der Waals surface area contributed by atoms with Gasteiger partial charge in [0.25, 0.3) is 0 Å². The van der Waals surface area contributed by atoms with Crippen molar-refractivity contribution in [3.8, 4) is 11.5 Å². The molecular weight excluding hydrogens is 420 g/mol. The SMILES string of the molecule is C=C1C(=O)C23C4CC5C(C)(C)C(=O)CCC5(C)C2CCC1C3OC(c1cc(O)cc(O)c1)O4. The van der Waals surface area contributed by atoms with E-state index in [9.17, 15) is 19.8 Å². The van der Waals surface area contributed by atoms with Crippen LogP contribution in [0, 0.1) is 34.0 Å². The number of rotatable bonds is 1. The minimum atomic E-state index is -0.808. The van der Waals surface area contributed by atoms with Gasteiger partial charge in [0.05, 0.1) is 17.6 Å². The van der Waals surface area contributed by atoms with Crippen LogP contribution < -0.4 is 0 Å². The van der Waals surface area contributed by atoms with Gasteiger partial charge in [0, 0.05) is 29.4 Å². The Balaban J connectivity index is 1.50. The number of carbonyl (C=O) groups is 2. The van der Waals surface area contributed by atoms with Gasteiger partial charge in [0.15, 0.2) is 12.1 Å². The van der Waals surface area contributed by atoms with E-state index < -0.39 is 23.2 Å². The number of phenolic OH excluding ortho intramolecular Hbond substituents is 2. The molecule has 5 aliphatic rings. The zero-order chi connectivity index (χ0) is 23.5. The number of aromatic hydroxyl groups is 2. The van der Waals surface area contributed by atoms with Gasteiger partial charge in [-0.2, -0.15) is 0 Å². The maximum Gasteiger partial charge on any atom is 0.184 e. The second-order valence-electron chi connectivity index (χ2n) is 11.8. The Kier molecular flexibility index (Phi) is 4.19. The topological polar surface area (TPSA) is 93.1 Å². The third kappa shape index (κ3) is 2.46. The lowest BCUT2D eigenvalue weighted by atomic mass is 9.39. The average molecular weight is 453 g/mol. The lowest BCUT2D eigenvalue weighted by molar-refractivity contribution is -0.347. The van der Waals surface area contributed by atoms with E-state index in [4.69, 9.17) is 9.47 Å². The molecule has 4 saturated carbocycles. The lowest BCUT2D eigenvalue weighted by Gasteiger charge is -2.67. The Morgan fingerprint density at radius 1 is 1.00 bits per heavy atom. The molecule has 6 nitrogen and oxygen atoms in total. The molecule has 2 bridgehead atoms. The van der Waals surface area contributed by atoms with Crippen molar-refractivity contribution in [2.45, 2.75) is 71.4 Å². The van der Waals surface area contributed by atoms with E-state index in [2.05, 4.69) is 27.4 Å². The number of hydrogen-bond donors (Lipinski definition) is 2. The minimum Gasteiger partial charge on any atom is -0.508 e. The first-order valence-corrected chi connectivity index (χ1v) is 12.1. The molecular formula is C27H32O6. The van der Waals surface area contributed by atoms with E-state index in [0.717, 1.165) is 19.3 Å². The standard InChI is InChI=1S/C27H32O6/c1-13-17-5-6-18-26(4)8-7-20(30)25(2,3)19(26)12-21-27(18,22(13)31)23(17)33-24(32-21)14-9-15(28)11-16(29)10-14/h9-11,17-19,21,23-24,28-29H,1,5-8,12H2,2-4H3. The molecule has 2 N–H and O–H groups in total. The van der Waals surface area contributed by atoms with E-state index in [0.29, 0.717) is 24.0 Å². The van der Waals surface area contributed by atoms with Crippen LogP contribution in [0.5, 0.6) is 11.5 Å². The fourth-order valence-corrected chi connectivity index (χ4v) is 8.68. The van der Waals surface area contributed by atoms with E-state index in [-0.39, 0.29) is 52.3 Å². The van der Waals surface area contributed by atoms with Gasteiger partial charge in [-0.1, -0.05) is 27.4 Å². The predicted octanol–water partition coefficient (Wildman–Crippen LogP) is 4.45. The summed E-state index contributed by atoms with van der Waals surface area (Å²) in [5.74, 6) is 0.337. The summed E-state index contributed by atoms with van der Waals surface area (Å²) in [6, 6.07) is 4.33. The molecule has 8 atom stereocenters. The molecule has 5 fully saturated rings. The number of hydrogen-bond acceptors (Lipinski definition) is 6. The zero-order valence-electron chi connectivity index (χ0n) is 19.5. The molecule has 6 rings (SSSR count). The third-order valence-electron chi connectivity index (χ3n) is 10.1. The van der Waals surface area contributed by atoms with Gasteiger partial charge in [0.2, 0.25) is 0 Å². The van der Waals surface area contributed by atoms with Crippen molar-refractivity contribution < 1.29 is 29.3 Å². The highest BCUT2D eigenvalue weighted by atomic mass is 16.7. The second kappa shape index (κ2) is 6.48. The monoisotopic (exact) mass is 452 g/mol. The lowest BCUT2D eigenvalue weighted by Crippen LogP contribution is -2.70. The number of benzene rings is 1. The fourth-order valence-electron chi connectivity index (χ4n) is 8.68. The molecule has 1 spiro atoms. The molecule has 0 amide bonds. The van der Waals surface area contributed by atoms with Crippen molar-refractivity contribution in [2.75, 3.05) is 0 Å². The first kappa shape index (κ1) is 21.4. The second-order valence-corrected chi connectivity index (χ2v) is 11.8. The van der Waals surface area contributed by atoms with Crippen LogP contribution >= 0.6 is 0 Å². The summed E-state index contributed by atoms with van der Waals surface area (Å²) in [6.45, 7) is 10.6. The van der Waals surface area contributed by atoms with Gasteiger partial charge in [-0.3, -0.25) is 9.59 Å². The van der Waals surface area contributed by atoms with Crippen LogP contribution in [-0.4, -0.2) is 34.0 Å². The first-order valence-electron chi connectivity index (χ1n) is 12.1. The van der Waals surface area contributed by atoms with Crippen molar-refractivity contribution in [1.82, 2.24) is 0 Å². The summed E-state index contributed by atoms with van der Waals surface area (Å²) in [5.41, 5.74) is -0.254. The van der Waals surface area contributed by atoms with Crippen LogP contribution in [0.3, 0.4) is 0 Å². The molecule has 1 aromatic rings. The molecule has 1 aromatic carbocycles. The molecule has 1 aliphatic heterocycles. The summed E-state index contributed by atoms with van der Waals surface area (Å²) >= 11 is 0. The largest absolute Gasteiger partial charge is 0.508 e. The van der Waals surface area contributed by atoms with E-state index in [1.165, 1.54) is 18.2 Å². The zero-order valence-corrected chi connectivity index (χ0v) is 19.5. The van der Waals surface area contributed by atoms with Crippen LogP contribution in [0.2, 0.25) is 0 Å². The van der Waals surface area contributed by atoms with Gasteiger partial charge < -0.3 is 19.7 Å². The smallest absolute Gasteiger partial charge is 0.184 e. The average Bonchev–Trinajstić information content (AvgIpc) is 2.88. The maximum atomic E-state index is 13.9. The normalized spacial score (nSPS) is 45.5. The Labute approximate surface area is 194 Å². The van der Waals surface area contributed by atoms with Crippen molar-refractivity contribution in [3.05, 3.63) is 35.9 Å². The Morgan fingerprint density at radius 2 is 1.70 bits per heavy atom. The van der Waals surface area contributed by atoms with E-state index >= 15 is 0 Å². The van der Waals surface area contributed by atoms with Crippen molar-refractivity contribution in [1.29, 1.82) is 0 Å². The van der Waals surface area contributed by atoms with Gasteiger partial charge in [-0.25, -0.2) is 0 Å². The fraction of sp³-hybridized carbons (Fsp3) is 0.630. The van der Waals surface area contributed by atoms with Crippen molar-refractivity contribution >= 4 is 11.6 Å². The molecule has 33 heavy (non-hydrogen) atoms. The number of ether oxygens (including phenoxy) is 2. The molecule has 1 heterocycles. The van der Waals surface area contributed by atoms with Crippen molar-refractivity contribution in [3.63, 3.8) is 0 Å². The highest BCUT2D eigenvalue weighted by molar-refractivity contribution is 6.04. The highest BCUT2D eigenvalue weighted by Gasteiger charge is 2.77. The summed E-state index contributed by atoms with van der Waals surface area (Å²) in [5, 5.41) is 20.1. The molecule has 4 aliphatic carbocycles. The predicted molar refractivity (Wildman–Crippen MR) is 119 cm³/mol. The summed E-state index contributed by atoms with van der Waals surface area (Å²) in [6.07, 6.45) is 2.13. The van der Waals surface area contributed by atoms with Gasteiger partial charge >= 0.3 is 0 Å². The number of Topliss-reactive ketones (excluding diaryl/α,β-unsaturated/α-hetero) is 2. The highest BCUT2D eigenvalue weighted by Crippen LogP contribution is 2.73. The number of ketones is 2. The number of phenols is 2. The molecule has 176 valence electrons.